The third kappa shape index (κ3) is 3.95. The van der Waals surface area contributed by atoms with Crippen LogP contribution in [0.3, 0.4) is 0 Å². The molecule has 0 saturated carbocycles. The largest absolute Gasteiger partial charge is 0.480 e. The molecule has 1 unspecified atom stereocenters. The number of nitro benzene ring substituents is 1. The molecule has 0 aromatic heterocycles. The van der Waals surface area contributed by atoms with Crippen molar-refractivity contribution in [2.24, 2.45) is 0 Å². The number of hydrogen-bond acceptors (Lipinski definition) is 5. The summed E-state index contributed by atoms with van der Waals surface area (Å²) in [7, 11) is -4.68. The highest BCUT2D eigenvalue weighted by Gasteiger charge is 2.33. The number of carbonyl (C=O) groups is 1. The Morgan fingerprint density at radius 1 is 1.52 bits per heavy atom. The van der Waals surface area contributed by atoms with E-state index in [2.05, 4.69) is 0 Å². The summed E-state index contributed by atoms with van der Waals surface area (Å²) in [6, 6.07) is 1.08. The number of nitro groups is 1. The van der Waals surface area contributed by atoms with Crippen LogP contribution >= 0.6 is 0 Å². The van der Waals surface area contributed by atoms with Crippen molar-refractivity contribution in [2.75, 3.05) is 0 Å². The number of halogens is 1. The molecular weight excluding hydrogens is 307 g/mol. The molecule has 1 atom stereocenters. The fourth-order valence-corrected chi connectivity index (χ4v) is 3.13. The molecule has 0 aliphatic rings. The third-order valence-electron chi connectivity index (χ3n) is 2.58. The van der Waals surface area contributed by atoms with Crippen molar-refractivity contribution < 1.29 is 27.6 Å². The molecule has 116 valence electrons. The maximum Gasteiger partial charge on any atom is 0.321 e. The van der Waals surface area contributed by atoms with Crippen molar-refractivity contribution in [1.82, 2.24) is 4.72 Å². The Kier molecular flexibility index (Phi) is 5.33. The molecule has 0 heterocycles. The zero-order valence-corrected chi connectivity index (χ0v) is 11.8. The van der Waals surface area contributed by atoms with Gasteiger partial charge in [0.05, 0.1) is 4.92 Å². The van der Waals surface area contributed by atoms with E-state index in [1.807, 2.05) is 0 Å². The number of carboxylic acids is 1. The predicted octanol–water partition coefficient (Wildman–Crippen LogP) is 1.27. The lowest BCUT2D eigenvalue weighted by Gasteiger charge is -2.14. The molecule has 8 nitrogen and oxygen atoms in total. The summed E-state index contributed by atoms with van der Waals surface area (Å²) < 4.78 is 39.5. The Labute approximate surface area is 119 Å². The number of aliphatic carboxylic acids is 1. The van der Waals surface area contributed by atoms with Crippen LogP contribution in [0, 0.1) is 15.9 Å². The van der Waals surface area contributed by atoms with Gasteiger partial charge < -0.3 is 5.11 Å². The van der Waals surface area contributed by atoms with Crippen molar-refractivity contribution in [1.29, 1.82) is 0 Å². The first-order chi connectivity index (χ1) is 9.70. The van der Waals surface area contributed by atoms with Crippen LogP contribution in [0.5, 0.6) is 0 Å². The van der Waals surface area contributed by atoms with Crippen LogP contribution in [0.25, 0.3) is 0 Å². The van der Waals surface area contributed by atoms with Crippen molar-refractivity contribution in [3.8, 4) is 0 Å². The summed E-state index contributed by atoms with van der Waals surface area (Å²) in [5, 5.41) is 19.7. The highest BCUT2D eigenvalue weighted by molar-refractivity contribution is 7.89. The number of sulfonamides is 1. The Bertz CT molecular complexity index is 661. The molecule has 0 aliphatic heterocycles. The van der Waals surface area contributed by atoms with Gasteiger partial charge in [-0.25, -0.2) is 12.8 Å². The van der Waals surface area contributed by atoms with E-state index < -0.39 is 43.4 Å². The molecule has 0 spiro atoms. The maximum absolute atomic E-state index is 13.7. The SMILES string of the molecule is CCCC(NS(=O)(=O)c1c(F)cccc1[N+](=O)[O-])C(=O)O. The van der Waals surface area contributed by atoms with Gasteiger partial charge in [0, 0.05) is 6.07 Å². The highest BCUT2D eigenvalue weighted by Crippen LogP contribution is 2.26. The van der Waals surface area contributed by atoms with Gasteiger partial charge in [0.1, 0.15) is 11.9 Å². The number of benzene rings is 1. The molecule has 21 heavy (non-hydrogen) atoms. The Morgan fingerprint density at radius 2 is 2.14 bits per heavy atom. The zero-order chi connectivity index (χ0) is 16.2. The third-order valence-corrected chi connectivity index (χ3v) is 4.12. The summed E-state index contributed by atoms with van der Waals surface area (Å²) in [4.78, 5) is 19.5. The zero-order valence-electron chi connectivity index (χ0n) is 10.9. The molecule has 1 rings (SSSR count). The molecule has 2 N–H and O–H groups in total. The van der Waals surface area contributed by atoms with Gasteiger partial charge in [-0.1, -0.05) is 19.4 Å². The van der Waals surface area contributed by atoms with Crippen molar-refractivity contribution in [2.45, 2.75) is 30.7 Å². The van der Waals surface area contributed by atoms with E-state index in [-0.39, 0.29) is 6.42 Å². The van der Waals surface area contributed by atoms with Crippen LogP contribution < -0.4 is 4.72 Å². The van der Waals surface area contributed by atoms with Gasteiger partial charge >= 0.3 is 5.97 Å². The summed E-state index contributed by atoms with van der Waals surface area (Å²) in [6.07, 6.45) is 0.329. The van der Waals surface area contributed by atoms with Gasteiger partial charge in [0.15, 0.2) is 4.90 Å². The first-order valence-electron chi connectivity index (χ1n) is 5.88. The van der Waals surface area contributed by atoms with Crippen LogP contribution in [0.4, 0.5) is 10.1 Å². The van der Waals surface area contributed by atoms with Gasteiger partial charge in [0.25, 0.3) is 15.7 Å². The van der Waals surface area contributed by atoms with E-state index in [4.69, 9.17) is 5.11 Å². The minimum absolute atomic E-state index is 0.0309. The molecule has 0 aliphatic carbocycles. The number of nitrogens with zero attached hydrogens (tertiary/aromatic N) is 1. The van der Waals surface area contributed by atoms with Crippen LogP contribution in [0.1, 0.15) is 19.8 Å². The summed E-state index contributed by atoms with van der Waals surface area (Å²) >= 11 is 0. The lowest BCUT2D eigenvalue weighted by molar-refractivity contribution is -0.388. The second-order valence-electron chi connectivity index (χ2n) is 4.15. The van der Waals surface area contributed by atoms with Crippen molar-refractivity contribution in [3.05, 3.63) is 34.1 Å². The fraction of sp³-hybridized carbons (Fsp3) is 0.364. The standard InChI is InChI=1S/C11H13FN2O6S/c1-2-4-8(11(15)16)13-21(19,20)10-7(12)5-3-6-9(10)14(17)18/h3,5-6,8,13H,2,4H2,1H3,(H,15,16). The minimum atomic E-state index is -4.68. The number of rotatable bonds is 7. The van der Waals surface area contributed by atoms with E-state index in [0.29, 0.717) is 6.42 Å². The smallest absolute Gasteiger partial charge is 0.321 e. The van der Waals surface area contributed by atoms with Crippen LogP contribution in [0.15, 0.2) is 23.1 Å². The van der Waals surface area contributed by atoms with Crippen molar-refractivity contribution >= 4 is 21.7 Å². The van der Waals surface area contributed by atoms with Gasteiger partial charge in [-0.3, -0.25) is 14.9 Å². The second kappa shape index (κ2) is 6.59. The number of hydrogen-bond donors (Lipinski definition) is 2. The molecule has 10 heteroatoms. The summed E-state index contributed by atoms with van der Waals surface area (Å²) in [5.41, 5.74) is -0.955. The Hall–Kier alpha value is -2.07. The first-order valence-corrected chi connectivity index (χ1v) is 7.37. The van der Waals surface area contributed by atoms with Gasteiger partial charge in [0.2, 0.25) is 0 Å². The molecule has 0 saturated heterocycles. The Morgan fingerprint density at radius 3 is 2.62 bits per heavy atom. The maximum atomic E-state index is 13.7. The van der Waals surface area contributed by atoms with E-state index in [9.17, 15) is 27.7 Å². The van der Waals surface area contributed by atoms with Crippen LogP contribution in [-0.4, -0.2) is 30.5 Å². The number of nitrogens with one attached hydrogen (secondary N) is 1. The topological polar surface area (TPSA) is 127 Å². The lowest BCUT2D eigenvalue weighted by atomic mass is 10.2. The molecule has 0 bridgehead atoms. The number of carboxylic acid groups (broad SMARTS) is 1. The quantitative estimate of drug-likeness (QED) is 0.575. The predicted molar refractivity (Wildman–Crippen MR) is 69.7 cm³/mol. The lowest BCUT2D eigenvalue weighted by Crippen LogP contribution is -2.41. The minimum Gasteiger partial charge on any atom is -0.480 e. The molecule has 0 radical (unpaired) electrons. The van der Waals surface area contributed by atoms with Crippen molar-refractivity contribution in [3.63, 3.8) is 0 Å². The summed E-state index contributed by atoms with van der Waals surface area (Å²) in [6.45, 7) is 1.63. The second-order valence-corrected chi connectivity index (χ2v) is 5.80. The van der Waals surface area contributed by atoms with Gasteiger partial charge in [-0.2, -0.15) is 4.72 Å². The van der Waals surface area contributed by atoms with E-state index in [1.54, 1.807) is 11.6 Å². The average Bonchev–Trinajstić information content (AvgIpc) is 2.37. The van der Waals surface area contributed by atoms with Gasteiger partial charge in [-0.15, -0.1) is 0 Å². The molecule has 0 amide bonds. The van der Waals surface area contributed by atoms with Crippen LogP contribution in [0.2, 0.25) is 0 Å². The van der Waals surface area contributed by atoms with E-state index in [0.717, 1.165) is 18.2 Å². The normalized spacial score (nSPS) is 12.9. The monoisotopic (exact) mass is 320 g/mol. The van der Waals surface area contributed by atoms with E-state index >= 15 is 0 Å². The molecule has 1 aromatic rings. The highest BCUT2D eigenvalue weighted by atomic mass is 32.2. The summed E-state index contributed by atoms with van der Waals surface area (Å²) in [5.74, 6) is -2.77. The molecule has 0 fully saturated rings. The van der Waals surface area contributed by atoms with Gasteiger partial charge in [-0.05, 0) is 12.5 Å². The average molecular weight is 320 g/mol. The Balaban J connectivity index is 3.31. The molecule has 1 aromatic carbocycles. The molecular formula is C11H13FN2O6S. The van der Waals surface area contributed by atoms with Crippen LogP contribution in [-0.2, 0) is 14.8 Å². The fourth-order valence-electron chi connectivity index (χ4n) is 1.67. The van der Waals surface area contributed by atoms with E-state index in [1.165, 1.54) is 0 Å². The first kappa shape index (κ1) is 17.0.